The van der Waals surface area contributed by atoms with Crippen LogP contribution in [0.15, 0.2) is 0 Å². The Labute approximate surface area is 75.3 Å². The molecule has 0 aromatic rings. The van der Waals surface area contributed by atoms with Crippen molar-refractivity contribution in [3.8, 4) is 0 Å². The average molecular weight is 175 g/mol. The summed E-state index contributed by atoms with van der Waals surface area (Å²) in [6.45, 7) is 8.99. The Kier molecular flexibility index (Phi) is 8.88. The van der Waals surface area contributed by atoms with Crippen LogP contribution in [0, 0.1) is 0 Å². The molecule has 0 amide bonds. The van der Waals surface area contributed by atoms with E-state index < -0.39 is 0 Å². The zero-order chi connectivity index (χ0) is 9.23. The summed E-state index contributed by atoms with van der Waals surface area (Å²) in [4.78, 5) is 2.28. The highest BCUT2D eigenvalue weighted by Crippen LogP contribution is 1.90. The molecule has 0 aromatic carbocycles. The van der Waals surface area contributed by atoms with Crippen molar-refractivity contribution in [1.29, 1.82) is 0 Å². The topological polar surface area (TPSA) is 32.7 Å². The SMILES string of the molecule is CCOCCN(CC)CCCO. The van der Waals surface area contributed by atoms with Crippen molar-refractivity contribution in [2.24, 2.45) is 0 Å². The predicted octanol–water partition coefficient (Wildman–Crippen LogP) is 0.727. The molecular formula is C9H21NO2. The number of rotatable bonds is 8. The highest BCUT2D eigenvalue weighted by Gasteiger charge is 1.99. The van der Waals surface area contributed by atoms with Crippen molar-refractivity contribution >= 4 is 0 Å². The van der Waals surface area contributed by atoms with E-state index in [1.165, 1.54) is 0 Å². The van der Waals surface area contributed by atoms with E-state index >= 15 is 0 Å². The molecule has 0 aromatic heterocycles. The number of nitrogens with zero attached hydrogens (tertiary/aromatic N) is 1. The molecule has 0 radical (unpaired) electrons. The summed E-state index contributed by atoms with van der Waals surface area (Å²) in [5, 5.41) is 8.62. The van der Waals surface area contributed by atoms with Crippen LogP contribution in [0.2, 0.25) is 0 Å². The molecule has 0 saturated heterocycles. The van der Waals surface area contributed by atoms with Gasteiger partial charge < -0.3 is 14.7 Å². The molecule has 0 saturated carbocycles. The first-order valence-corrected chi connectivity index (χ1v) is 4.76. The molecule has 1 N–H and O–H groups in total. The van der Waals surface area contributed by atoms with Gasteiger partial charge in [-0.2, -0.15) is 0 Å². The van der Waals surface area contributed by atoms with Crippen LogP contribution in [0.4, 0.5) is 0 Å². The third-order valence-corrected chi connectivity index (χ3v) is 1.84. The quantitative estimate of drug-likeness (QED) is 0.552. The third-order valence-electron chi connectivity index (χ3n) is 1.84. The average Bonchev–Trinajstić information content (AvgIpc) is 2.11. The van der Waals surface area contributed by atoms with E-state index in [0.29, 0.717) is 0 Å². The standard InChI is InChI=1S/C9H21NO2/c1-3-10(6-5-8-11)7-9-12-4-2/h11H,3-9H2,1-2H3. The van der Waals surface area contributed by atoms with E-state index in [2.05, 4.69) is 11.8 Å². The Hall–Kier alpha value is -0.120. The molecule has 0 spiro atoms. The lowest BCUT2D eigenvalue weighted by molar-refractivity contribution is 0.112. The number of ether oxygens (including phenoxy) is 1. The molecule has 74 valence electrons. The van der Waals surface area contributed by atoms with Gasteiger partial charge in [-0.05, 0) is 19.9 Å². The molecule has 0 fully saturated rings. The number of likely N-dealkylation sites (N-methyl/N-ethyl adjacent to an activating group) is 1. The summed E-state index contributed by atoms with van der Waals surface area (Å²) >= 11 is 0. The molecule has 0 atom stereocenters. The Morgan fingerprint density at radius 3 is 2.50 bits per heavy atom. The van der Waals surface area contributed by atoms with E-state index in [1.807, 2.05) is 6.92 Å². The van der Waals surface area contributed by atoms with E-state index in [1.54, 1.807) is 0 Å². The fourth-order valence-electron chi connectivity index (χ4n) is 1.06. The highest BCUT2D eigenvalue weighted by molar-refractivity contribution is 4.53. The van der Waals surface area contributed by atoms with Crippen LogP contribution in [0.25, 0.3) is 0 Å². The molecule has 12 heavy (non-hydrogen) atoms. The van der Waals surface area contributed by atoms with Gasteiger partial charge in [-0.25, -0.2) is 0 Å². The molecule has 0 aliphatic carbocycles. The fraction of sp³-hybridized carbons (Fsp3) is 1.00. The van der Waals surface area contributed by atoms with Gasteiger partial charge in [0.1, 0.15) is 0 Å². The summed E-state index contributed by atoms with van der Waals surface area (Å²) in [6.07, 6.45) is 0.861. The summed E-state index contributed by atoms with van der Waals surface area (Å²) in [7, 11) is 0. The Balaban J connectivity index is 3.26. The number of aliphatic hydroxyl groups excluding tert-OH is 1. The van der Waals surface area contributed by atoms with Crippen LogP contribution in [-0.2, 0) is 4.74 Å². The minimum absolute atomic E-state index is 0.283. The maximum atomic E-state index is 8.62. The minimum atomic E-state index is 0.283. The fourth-order valence-corrected chi connectivity index (χ4v) is 1.06. The summed E-state index contributed by atoms with van der Waals surface area (Å²) < 4.78 is 5.24. The van der Waals surface area contributed by atoms with E-state index in [-0.39, 0.29) is 6.61 Å². The van der Waals surface area contributed by atoms with Gasteiger partial charge in [-0.3, -0.25) is 0 Å². The highest BCUT2D eigenvalue weighted by atomic mass is 16.5. The van der Waals surface area contributed by atoms with Gasteiger partial charge in [0, 0.05) is 26.3 Å². The van der Waals surface area contributed by atoms with Crippen molar-refractivity contribution in [3.63, 3.8) is 0 Å². The van der Waals surface area contributed by atoms with Gasteiger partial charge in [0.2, 0.25) is 0 Å². The maximum Gasteiger partial charge on any atom is 0.0593 e. The Morgan fingerprint density at radius 2 is 2.00 bits per heavy atom. The molecule has 3 nitrogen and oxygen atoms in total. The van der Waals surface area contributed by atoms with Crippen LogP contribution in [-0.4, -0.2) is 49.5 Å². The van der Waals surface area contributed by atoms with Gasteiger partial charge in [0.15, 0.2) is 0 Å². The second-order valence-electron chi connectivity index (χ2n) is 2.71. The molecule has 0 heterocycles. The molecule has 3 heteroatoms. The predicted molar refractivity (Wildman–Crippen MR) is 50.3 cm³/mol. The normalized spacial score (nSPS) is 11.0. The third kappa shape index (κ3) is 6.58. The zero-order valence-electron chi connectivity index (χ0n) is 8.25. The van der Waals surface area contributed by atoms with Crippen LogP contribution >= 0.6 is 0 Å². The first-order valence-electron chi connectivity index (χ1n) is 4.76. The molecule has 0 bridgehead atoms. The molecular weight excluding hydrogens is 154 g/mol. The summed E-state index contributed by atoms with van der Waals surface area (Å²) in [5.74, 6) is 0. The summed E-state index contributed by atoms with van der Waals surface area (Å²) in [5.41, 5.74) is 0. The number of aliphatic hydroxyl groups is 1. The van der Waals surface area contributed by atoms with Crippen molar-refractivity contribution < 1.29 is 9.84 Å². The molecule has 0 aliphatic rings. The lowest BCUT2D eigenvalue weighted by Crippen LogP contribution is -2.29. The smallest absolute Gasteiger partial charge is 0.0593 e. The monoisotopic (exact) mass is 175 g/mol. The minimum Gasteiger partial charge on any atom is -0.396 e. The first kappa shape index (κ1) is 11.9. The maximum absolute atomic E-state index is 8.62. The van der Waals surface area contributed by atoms with Crippen molar-refractivity contribution in [2.45, 2.75) is 20.3 Å². The van der Waals surface area contributed by atoms with Crippen LogP contribution in [0.5, 0.6) is 0 Å². The molecule has 0 rings (SSSR count). The molecule has 0 aliphatic heterocycles. The van der Waals surface area contributed by atoms with Gasteiger partial charge in [-0.15, -0.1) is 0 Å². The van der Waals surface area contributed by atoms with Crippen molar-refractivity contribution in [2.75, 3.05) is 39.5 Å². The van der Waals surface area contributed by atoms with Crippen molar-refractivity contribution in [3.05, 3.63) is 0 Å². The second-order valence-corrected chi connectivity index (χ2v) is 2.71. The van der Waals surface area contributed by atoms with E-state index in [9.17, 15) is 0 Å². The lowest BCUT2D eigenvalue weighted by Gasteiger charge is -2.19. The summed E-state index contributed by atoms with van der Waals surface area (Å²) in [6, 6.07) is 0. The second kappa shape index (κ2) is 8.97. The van der Waals surface area contributed by atoms with Crippen molar-refractivity contribution in [1.82, 2.24) is 4.90 Å². The Morgan fingerprint density at radius 1 is 1.25 bits per heavy atom. The lowest BCUT2D eigenvalue weighted by atomic mass is 10.4. The number of hydrogen-bond donors (Lipinski definition) is 1. The van der Waals surface area contributed by atoms with Gasteiger partial charge in [-0.1, -0.05) is 6.92 Å². The van der Waals surface area contributed by atoms with Crippen LogP contribution in [0.3, 0.4) is 0 Å². The Bertz CT molecular complexity index is 88.6. The first-order chi connectivity index (χ1) is 5.85. The van der Waals surface area contributed by atoms with E-state index in [0.717, 1.165) is 39.3 Å². The van der Waals surface area contributed by atoms with E-state index in [4.69, 9.17) is 9.84 Å². The largest absolute Gasteiger partial charge is 0.396 e. The van der Waals surface area contributed by atoms with Gasteiger partial charge in [0.05, 0.1) is 6.61 Å². The number of hydrogen-bond acceptors (Lipinski definition) is 3. The van der Waals surface area contributed by atoms with Gasteiger partial charge in [0.25, 0.3) is 0 Å². The zero-order valence-corrected chi connectivity index (χ0v) is 8.25. The van der Waals surface area contributed by atoms with Crippen LogP contribution in [0.1, 0.15) is 20.3 Å². The molecule has 0 unspecified atom stereocenters. The van der Waals surface area contributed by atoms with Crippen LogP contribution < -0.4 is 0 Å². The van der Waals surface area contributed by atoms with Gasteiger partial charge >= 0.3 is 0 Å².